The molecule has 0 spiro atoms. The molecule has 248 valence electrons. The summed E-state index contributed by atoms with van der Waals surface area (Å²) in [6.45, 7) is 4.12. The van der Waals surface area contributed by atoms with Gasteiger partial charge in [-0.3, -0.25) is 4.79 Å². The third-order valence-electron chi connectivity index (χ3n) is 11.5. The van der Waals surface area contributed by atoms with Crippen LogP contribution in [0.1, 0.15) is 52.9 Å². The van der Waals surface area contributed by atoms with Gasteiger partial charge in [-0.2, -0.15) is 0 Å². The molecule has 0 amide bonds. The van der Waals surface area contributed by atoms with Gasteiger partial charge in [0.1, 0.15) is 48.9 Å². The number of nitrogens with zero attached hydrogens (tertiary/aromatic N) is 1. The number of rotatable bonds is 9. The second-order valence-corrected chi connectivity index (χ2v) is 13.6. The second-order valence-electron chi connectivity index (χ2n) is 13.6. The van der Waals surface area contributed by atoms with Crippen molar-refractivity contribution in [1.29, 1.82) is 0 Å². The highest BCUT2D eigenvalue weighted by molar-refractivity contribution is 6.05. The minimum absolute atomic E-state index is 0.0733. The van der Waals surface area contributed by atoms with Gasteiger partial charge in [0.05, 0.1) is 19.3 Å². The first-order valence-electron chi connectivity index (χ1n) is 15.5. The summed E-state index contributed by atoms with van der Waals surface area (Å²) in [6.07, 6.45) is -1.47. The maximum atomic E-state index is 17.5. The zero-order chi connectivity index (χ0) is 32.2. The predicted octanol–water partition coefficient (Wildman–Crippen LogP) is -0.0942. The largest absolute Gasteiger partial charge is 0.395 e. The van der Waals surface area contributed by atoms with E-state index >= 15 is 4.39 Å². The van der Waals surface area contributed by atoms with Crippen LogP contribution in [-0.4, -0.2) is 122 Å². The Morgan fingerprint density at radius 1 is 1.11 bits per heavy atom. The van der Waals surface area contributed by atoms with Crippen molar-refractivity contribution in [2.24, 2.45) is 33.7 Å². The summed E-state index contributed by atoms with van der Waals surface area (Å²) in [5.41, 5.74) is -4.86. The molecule has 13 atom stereocenters. The summed E-state index contributed by atoms with van der Waals surface area (Å²) in [6, 6.07) is 0. The van der Waals surface area contributed by atoms with E-state index in [1.165, 1.54) is 0 Å². The summed E-state index contributed by atoms with van der Waals surface area (Å²) >= 11 is 0. The molecule has 1 heterocycles. The molecular weight excluding hydrogens is 581 g/mol. The van der Waals surface area contributed by atoms with Gasteiger partial charge in [0.2, 0.25) is 0 Å². The van der Waals surface area contributed by atoms with Crippen LogP contribution >= 0.6 is 0 Å². The Morgan fingerprint density at radius 2 is 1.84 bits per heavy atom. The second kappa shape index (κ2) is 12.1. The van der Waals surface area contributed by atoms with Gasteiger partial charge in [-0.1, -0.05) is 30.7 Å². The summed E-state index contributed by atoms with van der Waals surface area (Å²) < 4.78 is 28.2. The van der Waals surface area contributed by atoms with E-state index in [2.05, 4.69) is 5.16 Å². The van der Waals surface area contributed by atoms with Crippen molar-refractivity contribution in [2.75, 3.05) is 26.4 Å². The van der Waals surface area contributed by atoms with Gasteiger partial charge in [0.15, 0.2) is 17.7 Å². The third-order valence-corrected chi connectivity index (χ3v) is 11.5. The number of halogens is 1. The van der Waals surface area contributed by atoms with Crippen LogP contribution in [0.5, 0.6) is 0 Å². The molecule has 1 unspecified atom stereocenters. The number of hydrogen-bond donors (Lipinski definition) is 7. The molecule has 1 aliphatic heterocycles. The monoisotopic (exact) mass is 627 g/mol. The Hall–Kier alpha value is -1.81. The molecular formula is C31H46FNO11. The molecule has 7 N–H and O–H groups in total. The number of ether oxygens (including phenoxy) is 2. The lowest BCUT2D eigenvalue weighted by Crippen LogP contribution is -2.69. The van der Waals surface area contributed by atoms with Gasteiger partial charge in [-0.25, -0.2) is 4.39 Å². The lowest BCUT2D eigenvalue weighted by atomic mass is 9.44. The summed E-state index contributed by atoms with van der Waals surface area (Å²) in [7, 11) is 0. The summed E-state index contributed by atoms with van der Waals surface area (Å²) in [4.78, 5) is 18.2. The van der Waals surface area contributed by atoms with Gasteiger partial charge in [-0.15, -0.1) is 0 Å². The number of ketones is 1. The van der Waals surface area contributed by atoms with E-state index in [1.807, 2.05) is 0 Å². The van der Waals surface area contributed by atoms with Crippen molar-refractivity contribution in [3.63, 3.8) is 0 Å². The first-order chi connectivity index (χ1) is 20.7. The van der Waals surface area contributed by atoms with Crippen LogP contribution in [0.3, 0.4) is 0 Å². The van der Waals surface area contributed by atoms with E-state index in [-0.39, 0.29) is 25.6 Å². The zero-order valence-electron chi connectivity index (χ0n) is 25.4. The normalized spacial score (nSPS) is 49.2. The molecule has 1 saturated heterocycles. The molecule has 4 fully saturated rings. The fourth-order valence-corrected chi connectivity index (χ4v) is 8.98. The maximum absolute atomic E-state index is 17.5. The number of hydrogen-bond acceptors (Lipinski definition) is 12. The first kappa shape index (κ1) is 33.6. The van der Waals surface area contributed by atoms with Crippen molar-refractivity contribution in [1.82, 2.24) is 0 Å². The van der Waals surface area contributed by atoms with Crippen LogP contribution in [0, 0.1) is 28.6 Å². The molecule has 13 heteroatoms. The molecule has 12 nitrogen and oxygen atoms in total. The molecule has 3 saturated carbocycles. The Morgan fingerprint density at radius 3 is 2.52 bits per heavy atom. The Kier molecular flexibility index (Phi) is 9.22. The van der Waals surface area contributed by atoms with Gasteiger partial charge in [0, 0.05) is 23.2 Å². The average molecular weight is 628 g/mol. The smallest absolute Gasteiger partial charge is 0.190 e. The summed E-state index contributed by atoms with van der Waals surface area (Å²) in [5, 5.41) is 75.9. The lowest BCUT2D eigenvalue weighted by Gasteiger charge is -2.62. The highest BCUT2D eigenvalue weighted by atomic mass is 19.1. The first-order valence-corrected chi connectivity index (χ1v) is 15.5. The highest BCUT2D eigenvalue weighted by Crippen LogP contribution is 2.70. The molecule has 5 aliphatic rings. The van der Waals surface area contributed by atoms with E-state index in [9.17, 15) is 40.5 Å². The van der Waals surface area contributed by atoms with Crippen LogP contribution in [0.4, 0.5) is 4.39 Å². The van der Waals surface area contributed by atoms with Crippen LogP contribution in [0.15, 0.2) is 29.0 Å². The van der Waals surface area contributed by atoms with Crippen molar-refractivity contribution < 1.29 is 59.2 Å². The number of alkyl halides is 1. The molecule has 0 bridgehead atoms. The number of fused-ring (bicyclic) bond motifs is 5. The molecule has 0 aromatic carbocycles. The van der Waals surface area contributed by atoms with E-state index in [4.69, 9.17) is 14.3 Å². The van der Waals surface area contributed by atoms with Crippen molar-refractivity contribution in [3.05, 3.63) is 23.8 Å². The lowest BCUT2D eigenvalue weighted by molar-refractivity contribution is -0.301. The van der Waals surface area contributed by atoms with Gasteiger partial charge in [-0.05, 0) is 56.6 Å². The van der Waals surface area contributed by atoms with Crippen LogP contribution in [0.25, 0.3) is 0 Å². The van der Waals surface area contributed by atoms with E-state index in [0.29, 0.717) is 31.4 Å². The number of oxime groups is 1. The highest BCUT2D eigenvalue weighted by Gasteiger charge is 2.75. The van der Waals surface area contributed by atoms with Crippen molar-refractivity contribution in [2.45, 2.75) is 101 Å². The van der Waals surface area contributed by atoms with Crippen LogP contribution in [-0.2, 0) is 19.1 Å². The minimum Gasteiger partial charge on any atom is -0.395 e. The standard InChI is InChI=1S/C31H46FNO11/c1-16-11-20-19-6-5-17-12-18(33-43-10-4-9-42-27-26(40)25(39)24(38)21(14-34)44-27)7-8-28(17,2)30(19,32)22(36)13-29(20,3)31(16,41)23(37)15-35/h7-8,12,16,19-22,24-27,34-36,38-41H,4-6,9-11,13-15H2,1-3H3/b33-18-/t16-,19?,20+,21-,22+,24-,25+,26+,27+,28+,29+,30+,31+/m1/s1. The fraction of sp³-hybridized carbons (Fsp3) is 0.806. The van der Waals surface area contributed by atoms with Crippen molar-refractivity contribution >= 4 is 11.5 Å². The molecule has 4 aliphatic carbocycles. The Labute approximate surface area is 255 Å². The molecule has 0 radical (unpaired) electrons. The van der Waals surface area contributed by atoms with Gasteiger partial charge in [0.25, 0.3) is 0 Å². The summed E-state index contributed by atoms with van der Waals surface area (Å²) in [5.74, 6) is -2.14. The number of Topliss-reactive ketones (excluding diaryl/α,β-unsaturated/α-hetero) is 1. The molecule has 0 aromatic heterocycles. The predicted molar refractivity (Wildman–Crippen MR) is 153 cm³/mol. The van der Waals surface area contributed by atoms with E-state index < -0.39 is 89.7 Å². The number of aliphatic hydroxyl groups is 7. The maximum Gasteiger partial charge on any atom is 0.190 e. The van der Waals surface area contributed by atoms with E-state index in [1.54, 1.807) is 39.0 Å². The topological polar surface area (TPSA) is 199 Å². The average Bonchev–Trinajstić information content (AvgIpc) is 3.20. The SMILES string of the molecule is C[C@@H]1C[C@H]2C3CCC4=C/C(=N\OCCCO[C@H]5O[C@H](CO)[C@@H](O)[C@H](O)[C@@H]5O)C=C[C@]4(C)[C@@]3(F)[C@@H](O)C[C@]2(C)[C@@]1(O)C(=O)CO. The number of aliphatic hydroxyl groups excluding tert-OH is 6. The van der Waals surface area contributed by atoms with E-state index in [0.717, 1.165) is 5.57 Å². The number of allylic oxidation sites excluding steroid dienone is 4. The third kappa shape index (κ3) is 4.82. The quantitative estimate of drug-likeness (QED) is 0.133. The number of carbonyl (C=O) groups is 1. The minimum atomic E-state index is -2.04. The fourth-order valence-electron chi connectivity index (χ4n) is 8.98. The molecule has 0 aromatic rings. The number of carbonyl (C=O) groups excluding carboxylic acids is 1. The molecule has 44 heavy (non-hydrogen) atoms. The van der Waals surface area contributed by atoms with Crippen LogP contribution in [0.2, 0.25) is 0 Å². The molecule has 5 rings (SSSR count). The Bertz CT molecular complexity index is 1200. The van der Waals surface area contributed by atoms with Gasteiger partial charge < -0.3 is 50.1 Å². The zero-order valence-corrected chi connectivity index (χ0v) is 25.4. The Balaban J connectivity index is 1.22. The van der Waals surface area contributed by atoms with Crippen molar-refractivity contribution in [3.8, 4) is 0 Å². The van der Waals surface area contributed by atoms with Crippen LogP contribution < -0.4 is 0 Å². The van der Waals surface area contributed by atoms with Gasteiger partial charge >= 0.3 is 0 Å².